The topological polar surface area (TPSA) is 58.6 Å². The molecule has 4 aliphatic rings. The van der Waals surface area contributed by atoms with Crippen molar-refractivity contribution in [3.05, 3.63) is 42.0 Å². The Bertz CT molecular complexity index is 981. The van der Waals surface area contributed by atoms with Crippen molar-refractivity contribution in [1.29, 1.82) is 0 Å². The third-order valence-corrected chi connectivity index (χ3v) is 9.21. The normalized spacial score (nSPS) is 31.7. The molecular formula is C29H39NO3. The van der Waals surface area contributed by atoms with Crippen LogP contribution in [0.2, 0.25) is 0 Å². The van der Waals surface area contributed by atoms with Gasteiger partial charge in [-0.15, -0.1) is 0 Å². The number of fused-ring (bicyclic) bond motifs is 4. The molecule has 4 saturated carbocycles. The maximum absolute atomic E-state index is 11.7. The van der Waals surface area contributed by atoms with Gasteiger partial charge in [-0.1, -0.05) is 32.0 Å². The van der Waals surface area contributed by atoms with Gasteiger partial charge in [-0.2, -0.15) is 0 Å². The molecule has 4 aliphatic carbocycles. The Morgan fingerprint density at radius 2 is 1.61 bits per heavy atom. The second kappa shape index (κ2) is 8.94. The molecule has 0 unspecified atom stereocenters. The summed E-state index contributed by atoms with van der Waals surface area (Å²) in [6.07, 6.45) is 10.6. The highest BCUT2D eigenvalue weighted by molar-refractivity contribution is 5.84. The zero-order chi connectivity index (χ0) is 23.1. The lowest BCUT2D eigenvalue weighted by Crippen LogP contribution is -2.56. The minimum absolute atomic E-state index is 0.123. The van der Waals surface area contributed by atoms with Gasteiger partial charge in [0.15, 0.2) is 0 Å². The summed E-state index contributed by atoms with van der Waals surface area (Å²) in [5.74, 6) is 2.04. The second-order valence-corrected chi connectivity index (χ2v) is 11.5. The highest BCUT2D eigenvalue weighted by Crippen LogP contribution is 2.52. The maximum atomic E-state index is 11.7. The van der Waals surface area contributed by atoms with Crippen LogP contribution in [0.1, 0.15) is 83.6 Å². The van der Waals surface area contributed by atoms with Crippen molar-refractivity contribution >= 4 is 16.7 Å². The molecule has 2 N–H and O–H groups in total. The molecule has 0 aliphatic heterocycles. The molecule has 0 heterocycles. The molecule has 0 aromatic heterocycles. The van der Waals surface area contributed by atoms with E-state index in [1.165, 1.54) is 42.0 Å². The SMILES string of the molecule is CC(C)[C@H]1CC[C@@H](Oc2ccc3cc(CNC45CCC(C(=O)O)(CC4)CC5)ccc3c2)CC1. The van der Waals surface area contributed by atoms with Crippen molar-refractivity contribution < 1.29 is 14.6 Å². The van der Waals surface area contributed by atoms with Gasteiger partial charge in [0, 0.05) is 12.1 Å². The smallest absolute Gasteiger partial charge is 0.309 e. The van der Waals surface area contributed by atoms with E-state index in [1.807, 2.05) is 0 Å². The van der Waals surface area contributed by atoms with Crippen LogP contribution in [0.5, 0.6) is 5.75 Å². The Kier molecular flexibility index (Phi) is 6.15. The summed E-state index contributed by atoms with van der Waals surface area (Å²) >= 11 is 0. The van der Waals surface area contributed by atoms with E-state index in [0.717, 1.165) is 62.7 Å². The first-order valence-electron chi connectivity index (χ1n) is 13.0. The van der Waals surface area contributed by atoms with Gasteiger partial charge in [-0.05, 0) is 111 Å². The van der Waals surface area contributed by atoms with Crippen LogP contribution in [0.3, 0.4) is 0 Å². The Labute approximate surface area is 198 Å². The van der Waals surface area contributed by atoms with Gasteiger partial charge in [0.25, 0.3) is 0 Å². The molecule has 2 aromatic carbocycles. The Hall–Kier alpha value is -2.07. The number of hydrogen-bond acceptors (Lipinski definition) is 3. The lowest BCUT2D eigenvalue weighted by molar-refractivity contribution is -0.156. The lowest BCUT2D eigenvalue weighted by atomic mass is 9.57. The minimum atomic E-state index is -0.586. The number of ether oxygens (including phenoxy) is 1. The lowest BCUT2D eigenvalue weighted by Gasteiger charge is -2.51. The third-order valence-electron chi connectivity index (χ3n) is 9.21. The minimum Gasteiger partial charge on any atom is -0.490 e. The molecular weight excluding hydrogens is 410 g/mol. The van der Waals surface area contributed by atoms with E-state index in [9.17, 15) is 9.90 Å². The number of carboxylic acid groups (broad SMARTS) is 1. The first-order chi connectivity index (χ1) is 15.9. The monoisotopic (exact) mass is 449 g/mol. The number of hydrogen-bond donors (Lipinski definition) is 2. The number of carboxylic acids is 1. The van der Waals surface area contributed by atoms with Gasteiger partial charge in [-0.3, -0.25) is 4.79 Å². The highest BCUT2D eigenvalue weighted by Gasteiger charge is 2.52. The average molecular weight is 450 g/mol. The van der Waals surface area contributed by atoms with Crippen molar-refractivity contribution in [3.8, 4) is 5.75 Å². The van der Waals surface area contributed by atoms with E-state index in [1.54, 1.807) is 0 Å². The van der Waals surface area contributed by atoms with E-state index in [0.29, 0.717) is 6.10 Å². The van der Waals surface area contributed by atoms with Gasteiger partial charge in [0.2, 0.25) is 0 Å². The van der Waals surface area contributed by atoms with E-state index in [4.69, 9.17) is 4.74 Å². The van der Waals surface area contributed by atoms with Gasteiger partial charge < -0.3 is 15.2 Å². The second-order valence-electron chi connectivity index (χ2n) is 11.5. The fraction of sp³-hybridized carbons (Fsp3) is 0.621. The van der Waals surface area contributed by atoms with Crippen LogP contribution in [0, 0.1) is 17.3 Å². The summed E-state index contributed by atoms with van der Waals surface area (Å²) in [6, 6.07) is 13.2. The quantitative estimate of drug-likeness (QED) is 0.494. The number of carbonyl (C=O) groups is 1. The number of rotatable bonds is 7. The maximum Gasteiger partial charge on any atom is 0.309 e. The predicted molar refractivity (Wildman–Crippen MR) is 133 cm³/mol. The molecule has 178 valence electrons. The van der Waals surface area contributed by atoms with Crippen molar-refractivity contribution in [2.24, 2.45) is 17.3 Å². The molecule has 33 heavy (non-hydrogen) atoms. The summed E-state index contributed by atoms with van der Waals surface area (Å²) in [6.45, 7) is 5.52. The molecule has 0 atom stereocenters. The Balaban J connectivity index is 1.18. The van der Waals surface area contributed by atoms with Crippen LogP contribution in [-0.2, 0) is 11.3 Å². The van der Waals surface area contributed by atoms with Gasteiger partial charge in [0.05, 0.1) is 11.5 Å². The fourth-order valence-corrected chi connectivity index (χ4v) is 6.58. The van der Waals surface area contributed by atoms with Crippen molar-refractivity contribution in [2.45, 2.75) is 96.2 Å². The summed E-state index contributed by atoms with van der Waals surface area (Å²) in [4.78, 5) is 11.7. The summed E-state index contributed by atoms with van der Waals surface area (Å²) < 4.78 is 6.35. The van der Waals surface area contributed by atoms with Crippen LogP contribution < -0.4 is 10.1 Å². The molecule has 0 spiro atoms. The van der Waals surface area contributed by atoms with Crippen LogP contribution in [-0.4, -0.2) is 22.7 Å². The summed E-state index contributed by atoms with van der Waals surface area (Å²) in [5.41, 5.74) is 0.969. The molecule has 0 amide bonds. The molecule has 2 bridgehead atoms. The van der Waals surface area contributed by atoms with Crippen LogP contribution in [0.25, 0.3) is 10.8 Å². The largest absolute Gasteiger partial charge is 0.490 e. The molecule has 4 fully saturated rings. The van der Waals surface area contributed by atoms with Crippen LogP contribution in [0.15, 0.2) is 36.4 Å². The van der Waals surface area contributed by atoms with Gasteiger partial charge in [0.1, 0.15) is 5.75 Å². The highest BCUT2D eigenvalue weighted by atomic mass is 16.5. The predicted octanol–water partition coefficient (Wildman–Crippen LogP) is 6.70. The van der Waals surface area contributed by atoms with E-state index >= 15 is 0 Å². The van der Waals surface area contributed by atoms with E-state index in [-0.39, 0.29) is 5.54 Å². The summed E-state index contributed by atoms with van der Waals surface area (Å²) in [7, 11) is 0. The average Bonchev–Trinajstić information content (AvgIpc) is 2.84. The van der Waals surface area contributed by atoms with Crippen LogP contribution >= 0.6 is 0 Å². The molecule has 2 aromatic rings. The first-order valence-corrected chi connectivity index (χ1v) is 13.0. The standard InChI is InChI=1S/C29H39NO3/c1-20(2)22-5-8-25(9-6-22)33-26-10-7-23-17-21(3-4-24(23)18-26)19-30-29-14-11-28(12-15-29,13-16-29)27(31)32/h3-4,7,10,17-18,20,22,25,30H,5-6,8-9,11-16,19H2,1-2H3,(H,31,32)/t22-,25+,28?,29?. The van der Waals surface area contributed by atoms with E-state index in [2.05, 4.69) is 55.6 Å². The van der Waals surface area contributed by atoms with Crippen molar-refractivity contribution in [3.63, 3.8) is 0 Å². The fourth-order valence-electron chi connectivity index (χ4n) is 6.58. The van der Waals surface area contributed by atoms with Gasteiger partial charge in [-0.25, -0.2) is 0 Å². The van der Waals surface area contributed by atoms with Gasteiger partial charge >= 0.3 is 5.97 Å². The Morgan fingerprint density at radius 3 is 2.24 bits per heavy atom. The van der Waals surface area contributed by atoms with E-state index < -0.39 is 11.4 Å². The number of aliphatic carboxylic acids is 1. The number of nitrogens with one attached hydrogen (secondary N) is 1. The van der Waals surface area contributed by atoms with Crippen molar-refractivity contribution in [1.82, 2.24) is 5.32 Å². The van der Waals surface area contributed by atoms with Crippen LogP contribution in [0.4, 0.5) is 0 Å². The molecule has 4 heteroatoms. The zero-order valence-electron chi connectivity index (χ0n) is 20.2. The molecule has 4 nitrogen and oxygen atoms in total. The molecule has 6 rings (SSSR count). The first kappa shape index (κ1) is 22.7. The number of benzene rings is 2. The summed E-state index contributed by atoms with van der Waals surface area (Å²) in [5, 5.41) is 15.9. The molecule has 0 radical (unpaired) electrons. The van der Waals surface area contributed by atoms with Crippen molar-refractivity contribution in [2.75, 3.05) is 0 Å². The molecule has 0 saturated heterocycles. The third kappa shape index (κ3) is 4.64. The zero-order valence-corrected chi connectivity index (χ0v) is 20.2. The Morgan fingerprint density at radius 1 is 0.970 bits per heavy atom.